The smallest absolute Gasteiger partial charge is 0.387 e. The van der Waals surface area contributed by atoms with Crippen LogP contribution in [0.15, 0.2) is 23.3 Å². The summed E-state index contributed by atoms with van der Waals surface area (Å²) >= 11 is 0. The first-order chi connectivity index (χ1) is 10.0. The predicted molar refractivity (Wildman–Crippen MR) is 74.0 cm³/mol. The summed E-state index contributed by atoms with van der Waals surface area (Å²) < 4.78 is 34.5. The van der Waals surface area contributed by atoms with E-state index in [2.05, 4.69) is 9.84 Å². The average molecular weight is 298 g/mol. The molecule has 1 amide bonds. The molecule has 1 aromatic rings. The highest BCUT2D eigenvalue weighted by molar-refractivity contribution is 5.98. The minimum atomic E-state index is -3.00. The predicted octanol–water partition coefficient (Wildman–Crippen LogP) is 3.05. The molecule has 0 N–H and O–H groups in total. The number of rotatable bonds is 5. The molecule has 7 heteroatoms. The fraction of sp³-hybridized carbons (Fsp3) is 0.429. The zero-order valence-corrected chi connectivity index (χ0v) is 11.8. The number of nitrogens with zero attached hydrogens (tertiary/aromatic N) is 2. The first-order valence-corrected chi connectivity index (χ1v) is 6.55. The number of ether oxygens (including phenoxy) is 2. The van der Waals surface area contributed by atoms with Crippen molar-refractivity contribution >= 4 is 17.8 Å². The number of hydrogen-bond donors (Lipinski definition) is 0. The molecule has 1 aliphatic heterocycles. The number of amides is 1. The molecule has 1 unspecified atom stereocenters. The minimum absolute atomic E-state index is 0.0754. The Morgan fingerprint density at radius 1 is 1.48 bits per heavy atom. The van der Waals surface area contributed by atoms with E-state index >= 15 is 0 Å². The van der Waals surface area contributed by atoms with Gasteiger partial charge >= 0.3 is 6.61 Å². The number of alkyl halides is 2. The number of hydrogen-bond acceptors (Lipinski definition) is 4. The number of methoxy groups -OCH3 is 1. The van der Waals surface area contributed by atoms with Gasteiger partial charge in [0.25, 0.3) is 0 Å². The third-order valence-corrected chi connectivity index (χ3v) is 3.20. The third kappa shape index (κ3) is 3.48. The largest absolute Gasteiger partial charge is 0.497 e. The van der Waals surface area contributed by atoms with Crippen LogP contribution in [0.25, 0.3) is 0 Å². The Hall–Kier alpha value is -2.18. The van der Waals surface area contributed by atoms with Crippen molar-refractivity contribution in [2.24, 2.45) is 11.0 Å². The molecule has 0 saturated heterocycles. The number of benzene rings is 1. The second-order valence-corrected chi connectivity index (χ2v) is 4.55. The van der Waals surface area contributed by atoms with Crippen LogP contribution in [-0.2, 0) is 4.79 Å². The Labute approximate surface area is 121 Å². The van der Waals surface area contributed by atoms with Crippen molar-refractivity contribution in [1.82, 2.24) is 0 Å². The van der Waals surface area contributed by atoms with Gasteiger partial charge in [-0.1, -0.05) is 6.92 Å². The van der Waals surface area contributed by atoms with Crippen molar-refractivity contribution in [3.05, 3.63) is 18.2 Å². The normalized spacial score (nSPS) is 18.2. The standard InChI is InChI=1S/C14H16F2N2O3/c1-3-9-6-13(19)18(17-8-9)11-5-4-10(20-2)7-12(11)21-14(15)16/h4-5,7-9,14H,3,6H2,1-2H3. The second-order valence-electron chi connectivity index (χ2n) is 4.55. The van der Waals surface area contributed by atoms with Gasteiger partial charge in [-0.3, -0.25) is 4.79 Å². The molecule has 1 atom stereocenters. The van der Waals surface area contributed by atoms with Crippen molar-refractivity contribution in [1.29, 1.82) is 0 Å². The fourth-order valence-corrected chi connectivity index (χ4v) is 2.02. The molecular weight excluding hydrogens is 282 g/mol. The van der Waals surface area contributed by atoms with Gasteiger partial charge in [-0.05, 0) is 18.6 Å². The molecule has 2 rings (SSSR count). The quantitative estimate of drug-likeness (QED) is 0.839. The third-order valence-electron chi connectivity index (χ3n) is 3.20. The summed E-state index contributed by atoms with van der Waals surface area (Å²) in [7, 11) is 1.41. The minimum Gasteiger partial charge on any atom is -0.497 e. The van der Waals surface area contributed by atoms with E-state index in [1.165, 1.54) is 19.2 Å². The van der Waals surface area contributed by atoms with Crippen molar-refractivity contribution in [3.8, 4) is 11.5 Å². The molecule has 0 bridgehead atoms. The highest BCUT2D eigenvalue weighted by Gasteiger charge is 2.26. The molecule has 0 radical (unpaired) electrons. The van der Waals surface area contributed by atoms with Gasteiger partial charge in [0.05, 0.1) is 7.11 Å². The van der Waals surface area contributed by atoms with Crippen LogP contribution in [-0.4, -0.2) is 25.8 Å². The van der Waals surface area contributed by atoms with Gasteiger partial charge in [-0.15, -0.1) is 0 Å². The van der Waals surface area contributed by atoms with Crippen molar-refractivity contribution in [2.45, 2.75) is 26.4 Å². The topological polar surface area (TPSA) is 51.1 Å². The van der Waals surface area contributed by atoms with Gasteiger partial charge < -0.3 is 9.47 Å². The Kier molecular flexibility index (Phi) is 4.72. The Bertz CT molecular complexity index is 549. The molecule has 1 aliphatic rings. The molecule has 1 aromatic carbocycles. The van der Waals surface area contributed by atoms with Crippen LogP contribution >= 0.6 is 0 Å². The first kappa shape index (κ1) is 15.2. The van der Waals surface area contributed by atoms with Crippen LogP contribution in [0.3, 0.4) is 0 Å². The number of halogens is 2. The number of hydrazone groups is 1. The van der Waals surface area contributed by atoms with E-state index < -0.39 is 6.61 Å². The van der Waals surface area contributed by atoms with Crippen LogP contribution < -0.4 is 14.5 Å². The Morgan fingerprint density at radius 3 is 2.81 bits per heavy atom. The lowest BCUT2D eigenvalue weighted by molar-refractivity contribution is -0.119. The number of carbonyl (C=O) groups excluding carboxylic acids is 1. The Morgan fingerprint density at radius 2 is 2.24 bits per heavy atom. The van der Waals surface area contributed by atoms with E-state index in [0.717, 1.165) is 11.4 Å². The van der Waals surface area contributed by atoms with E-state index in [1.807, 2.05) is 6.92 Å². The molecule has 5 nitrogen and oxygen atoms in total. The summed E-state index contributed by atoms with van der Waals surface area (Å²) in [5.41, 5.74) is 0.173. The number of carbonyl (C=O) groups is 1. The van der Waals surface area contributed by atoms with E-state index in [0.29, 0.717) is 12.2 Å². The number of anilines is 1. The van der Waals surface area contributed by atoms with Crippen LogP contribution in [0, 0.1) is 5.92 Å². The Balaban J connectivity index is 2.36. The summed E-state index contributed by atoms with van der Waals surface area (Å²) in [6.07, 6.45) is 2.74. The van der Waals surface area contributed by atoms with Crippen molar-refractivity contribution in [2.75, 3.05) is 12.1 Å². The van der Waals surface area contributed by atoms with E-state index in [9.17, 15) is 13.6 Å². The molecule has 0 saturated carbocycles. The van der Waals surface area contributed by atoms with Crippen LogP contribution in [0.5, 0.6) is 11.5 Å². The van der Waals surface area contributed by atoms with Gasteiger partial charge in [0.1, 0.15) is 11.4 Å². The highest BCUT2D eigenvalue weighted by Crippen LogP contribution is 2.35. The molecular formula is C14H16F2N2O3. The summed E-state index contributed by atoms with van der Waals surface area (Å²) in [6.45, 7) is -1.04. The molecule has 1 heterocycles. The van der Waals surface area contributed by atoms with Crippen LogP contribution in [0.4, 0.5) is 14.5 Å². The maximum atomic E-state index is 12.5. The lowest BCUT2D eigenvalue weighted by atomic mass is 10.0. The van der Waals surface area contributed by atoms with Gasteiger partial charge in [0.15, 0.2) is 5.75 Å². The summed E-state index contributed by atoms with van der Waals surface area (Å²) in [5, 5.41) is 5.14. The lowest BCUT2D eigenvalue weighted by Crippen LogP contribution is -2.32. The van der Waals surface area contributed by atoms with E-state index in [-0.39, 0.29) is 23.3 Å². The molecule has 114 valence electrons. The summed E-state index contributed by atoms with van der Waals surface area (Å²) in [6, 6.07) is 4.33. The van der Waals surface area contributed by atoms with Gasteiger partial charge in [-0.2, -0.15) is 18.9 Å². The monoisotopic (exact) mass is 298 g/mol. The molecule has 0 aromatic heterocycles. The van der Waals surface area contributed by atoms with Gasteiger partial charge in [0.2, 0.25) is 5.91 Å². The van der Waals surface area contributed by atoms with Crippen LogP contribution in [0.2, 0.25) is 0 Å². The van der Waals surface area contributed by atoms with Crippen LogP contribution in [0.1, 0.15) is 19.8 Å². The van der Waals surface area contributed by atoms with Crippen molar-refractivity contribution in [3.63, 3.8) is 0 Å². The maximum Gasteiger partial charge on any atom is 0.387 e. The molecule has 0 aliphatic carbocycles. The van der Waals surface area contributed by atoms with Gasteiger partial charge in [0, 0.05) is 24.6 Å². The lowest BCUT2D eigenvalue weighted by Gasteiger charge is -2.25. The molecule has 0 fully saturated rings. The molecule has 21 heavy (non-hydrogen) atoms. The van der Waals surface area contributed by atoms with Crippen molar-refractivity contribution < 1.29 is 23.0 Å². The second kappa shape index (κ2) is 6.51. The van der Waals surface area contributed by atoms with Gasteiger partial charge in [-0.25, -0.2) is 0 Å². The fourth-order valence-electron chi connectivity index (χ4n) is 2.02. The SMILES string of the molecule is CCC1C=NN(c2ccc(OC)cc2OC(F)F)C(=O)C1. The van der Waals surface area contributed by atoms with E-state index in [1.54, 1.807) is 12.3 Å². The maximum absolute atomic E-state index is 12.5. The summed E-state index contributed by atoms with van der Waals surface area (Å²) in [5.74, 6) is 0.0270. The molecule has 0 spiro atoms. The zero-order valence-electron chi connectivity index (χ0n) is 11.8. The zero-order chi connectivity index (χ0) is 15.4. The van der Waals surface area contributed by atoms with E-state index in [4.69, 9.17) is 4.74 Å². The summed E-state index contributed by atoms with van der Waals surface area (Å²) in [4.78, 5) is 12.1. The highest BCUT2D eigenvalue weighted by atomic mass is 19.3. The average Bonchev–Trinajstić information content (AvgIpc) is 2.47. The first-order valence-electron chi connectivity index (χ1n) is 6.55.